The van der Waals surface area contributed by atoms with Crippen LogP contribution in [0, 0.1) is 0 Å². The molecule has 19 heavy (non-hydrogen) atoms. The van der Waals surface area contributed by atoms with Gasteiger partial charge in [-0.15, -0.1) is 0 Å². The number of hydrogen-bond donors (Lipinski definition) is 1. The fraction of sp³-hybridized carbons (Fsp3) is 0.0833. The molecule has 2 N–H and O–H groups in total. The van der Waals surface area contributed by atoms with Crippen molar-refractivity contribution in [1.29, 1.82) is 0 Å². The maximum atomic E-state index is 10.9. The van der Waals surface area contributed by atoms with Crippen LogP contribution in [0.3, 0.4) is 0 Å². The Kier molecular flexibility index (Phi) is 3.82. The van der Waals surface area contributed by atoms with Gasteiger partial charge in [0.15, 0.2) is 5.15 Å². The lowest BCUT2D eigenvalue weighted by Gasteiger charge is -2.09. The minimum atomic E-state index is -0.505. The molecule has 2 rings (SSSR count). The van der Waals surface area contributed by atoms with Crippen LogP contribution in [0.25, 0.3) is 0 Å². The average molecular weight is 280 g/mol. The molecule has 1 aromatic carbocycles. The molecule has 98 valence electrons. The monoisotopic (exact) mass is 279 g/mol. The van der Waals surface area contributed by atoms with Crippen LogP contribution in [-0.4, -0.2) is 23.0 Å². The summed E-state index contributed by atoms with van der Waals surface area (Å²) in [5.74, 6) is 0.393. The minimum Gasteiger partial charge on any atom is -0.489 e. The van der Waals surface area contributed by atoms with E-state index in [2.05, 4.69) is 9.97 Å². The number of carbonyl (C=O) groups excluding carboxylic acids is 1. The number of methoxy groups -OCH3 is 1. The summed E-state index contributed by atoms with van der Waals surface area (Å²) < 4.78 is 10.6. The van der Waals surface area contributed by atoms with E-state index in [1.807, 2.05) is 0 Å². The van der Waals surface area contributed by atoms with Crippen molar-refractivity contribution in [2.75, 3.05) is 7.11 Å². The van der Waals surface area contributed by atoms with E-state index in [0.717, 1.165) is 0 Å². The van der Waals surface area contributed by atoms with Crippen molar-refractivity contribution in [2.45, 2.75) is 0 Å². The molecule has 0 spiro atoms. The summed E-state index contributed by atoms with van der Waals surface area (Å²) in [6.45, 7) is 0. The Bertz CT molecular complexity index is 602. The average Bonchev–Trinajstić information content (AvgIpc) is 2.39. The van der Waals surface area contributed by atoms with Gasteiger partial charge in [0, 0.05) is 5.56 Å². The zero-order valence-electron chi connectivity index (χ0n) is 9.96. The highest BCUT2D eigenvalue weighted by Crippen LogP contribution is 2.33. The van der Waals surface area contributed by atoms with Gasteiger partial charge in [-0.2, -0.15) is 4.98 Å². The van der Waals surface area contributed by atoms with Gasteiger partial charge < -0.3 is 15.2 Å². The summed E-state index contributed by atoms with van der Waals surface area (Å²) in [5.41, 5.74) is 5.53. The van der Waals surface area contributed by atoms with Crippen LogP contribution in [0.4, 0.5) is 0 Å². The predicted molar refractivity (Wildman–Crippen MR) is 68.6 cm³/mol. The molecule has 1 aromatic heterocycles. The highest BCUT2D eigenvalue weighted by atomic mass is 35.5. The Morgan fingerprint density at radius 2 is 1.95 bits per heavy atom. The number of benzene rings is 1. The summed E-state index contributed by atoms with van der Waals surface area (Å²) >= 11 is 5.85. The second kappa shape index (κ2) is 5.53. The van der Waals surface area contributed by atoms with Crippen molar-refractivity contribution in [2.24, 2.45) is 5.73 Å². The van der Waals surface area contributed by atoms with E-state index in [1.165, 1.54) is 13.4 Å². The summed E-state index contributed by atoms with van der Waals surface area (Å²) in [5, 5.41) is 0.154. The highest BCUT2D eigenvalue weighted by Gasteiger charge is 2.12. The number of aromatic nitrogens is 2. The Balaban J connectivity index is 2.26. The van der Waals surface area contributed by atoms with E-state index in [0.29, 0.717) is 11.3 Å². The lowest BCUT2D eigenvalue weighted by Crippen LogP contribution is -2.10. The van der Waals surface area contributed by atoms with Gasteiger partial charge in [0.1, 0.15) is 12.1 Å². The van der Waals surface area contributed by atoms with E-state index in [1.54, 1.807) is 24.3 Å². The van der Waals surface area contributed by atoms with Crippen LogP contribution in [0.1, 0.15) is 10.4 Å². The Morgan fingerprint density at radius 1 is 1.26 bits per heavy atom. The van der Waals surface area contributed by atoms with E-state index in [-0.39, 0.29) is 16.8 Å². The first kappa shape index (κ1) is 13.1. The van der Waals surface area contributed by atoms with Crippen LogP contribution in [-0.2, 0) is 0 Å². The van der Waals surface area contributed by atoms with E-state index in [9.17, 15) is 4.79 Å². The normalized spacial score (nSPS) is 10.0. The van der Waals surface area contributed by atoms with Crippen molar-refractivity contribution < 1.29 is 14.3 Å². The molecule has 0 atom stereocenters. The molecule has 0 aliphatic heterocycles. The predicted octanol–water partition coefficient (Wildman–Crippen LogP) is 2.03. The first-order chi connectivity index (χ1) is 9.11. The van der Waals surface area contributed by atoms with Gasteiger partial charge in [0.05, 0.1) is 7.11 Å². The quantitative estimate of drug-likeness (QED) is 0.865. The number of nitrogens with two attached hydrogens (primary N) is 1. The second-order valence-corrected chi connectivity index (χ2v) is 3.85. The smallest absolute Gasteiger partial charge is 0.267 e. The Hall–Kier alpha value is -2.34. The third-order valence-electron chi connectivity index (χ3n) is 2.29. The van der Waals surface area contributed by atoms with Crippen LogP contribution in [0.5, 0.6) is 17.4 Å². The first-order valence-electron chi connectivity index (χ1n) is 5.24. The first-order valence-corrected chi connectivity index (χ1v) is 5.62. The number of hydrogen-bond acceptors (Lipinski definition) is 5. The third kappa shape index (κ3) is 2.92. The maximum Gasteiger partial charge on any atom is 0.267 e. The van der Waals surface area contributed by atoms with Gasteiger partial charge in [-0.3, -0.25) is 4.79 Å². The van der Waals surface area contributed by atoms with Gasteiger partial charge in [-0.25, -0.2) is 4.98 Å². The van der Waals surface area contributed by atoms with Crippen LogP contribution >= 0.6 is 11.6 Å². The third-order valence-corrected chi connectivity index (χ3v) is 2.55. The SMILES string of the molecule is COc1c(Cl)ncnc1Oc1ccc(C(N)=O)cc1. The van der Waals surface area contributed by atoms with Gasteiger partial charge in [0.25, 0.3) is 5.88 Å². The number of carbonyl (C=O) groups is 1. The number of rotatable bonds is 4. The van der Waals surface area contributed by atoms with E-state index < -0.39 is 5.91 Å². The Morgan fingerprint density at radius 3 is 2.53 bits per heavy atom. The highest BCUT2D eigenvalue weighted by molar-refractivity contribution is 6.31. The molecule has 6 nitrogen and oxygen atoms in total. The van der Waals surface area contributed by atoms with Crippen LogP contribution < -0.4 is 15.2 Å². The van der Waals surface area contributed by atoms with Crippen molar-refractivity contribution in [1.82, 2.24) is 9.97 Å². The van der Waals surface area contributed by atoms with Crippen LogP contribution in [0.2, 0.25) is 5.15 Å². The molecule has 0 aliphatic carbocycles. The number of ether oxygens (including phenoxy) is 2. The van der Waals surface area contributed by atoms with Crippen molar-refractivity contribution in [3.8, 4) is 17.4 Å². The van der Waals surface area contributed by atoms with Crippen molar-refractivity contribution in [3.05, 3.63) is 41.3 Å². The standard InChI is InChI=1S/C12H10ClN3O3/c1-18-9-10(13)15-6-16-12(9)19-8-4-2-7(3-5-8)11(14)17/h2-6H,1H3,(H2,14,17). The van der Waals surface area contributed by atoms with Crippen molar-refractivity contribution >= 4 is 17.5 Å². The lowest BCUT2D eigenvalue weighted by atomic mass is 10.2. The minimum absolute atomic E-state index is 0.154. The summed E-state index contributed by atoms with van der Waals surface area (Å²) in [7, 11) is 1.44. The zero-order valence-corrected chi connectivity index (χ0v) is 10.7. The molecule has 1 heterocycles. The Labute approximate surface area is 114 Å². The van der Waals surface area contributed by atoms with Gasteiger partial charge in [-0.05, 0) is 24.3 Å². The van der Waals surface area contributed by atoms with E-state index in [4.69, 9.17) is 26.8 Å². The van der Waals surface area contributed by atoms with Crippen LogP contribution in [0.15, 0.2) is 30.6 Å². The second-order valence-electron chi connectivity index (χ2n) is 3.49. The summed E-state index contributed by atoms with van der Waals surface area (Å²) in [6.07, 6.45) is 1.26. The molecule has 0 saturated heterocycles. The molecular formula is C12H10ClN3O3. The molecular weight excluding hydrogens is 270 g/mol. The molecule has 1 amide bonds. The molecule has 0 radical (unpaired) electrons. The van der Waals surface area contributed by atoms with E-state index >= 15 is 0 Å². The largest absolute Gasteiger partial charge is 0.489 e. The molecule has 0 saturated carbocycles. The van der Waals surface area contributed by atoms with Gasteiger partial charge in [-0.1, -0.05) is 11.6 Å². The number of halogens is 1. The molecule has 0 unspecified atom stereocenters. The van der Waals surface area contributed by atoms with Gasteiger partial charge in [0.2, 0.25) is 11.7 Å². The lowest BCUT2D eigenvalue weighted by molar-refractivity contribution is 0.100. The number of amides is 1. The summed E-state index contributed by atoms with van der Waals surface area (Å²) in [6, 6.07) is 6.28. The van der Waals surface area contributed by atoms with Gasteiger partial charge >= 0.3 is 0 Å². The topological polar surface area (TPSA) is 87.3 Å². The van der Waals surface area contributed by atoms with Crippen molar-refractivity contribution in [3.63, 3.8) is 0 Å². The summed E-state index contributed by atoms with van der Waals surface area (Å²) in [4.78, 5) is 18.6. The molecule has 0 bridgehead atoms. The molecule has 7 heteroatoms. The fourth-order valence-electron chi connectivity index (χ4n) is 1.38. The molecule has 2 aromatic rings. The fourth-order valence-corrected chi connectivity index (χ4v) is 1.58. The number of nitrogens with zero attached hydrogens (tertiary/aromatic N) is 2. The molecule has 0 fully saturated rings. The molecule has 0 aliphatic rings. The number of primary amides is 1. The maximum absolute atomic E-state index is 10.9. The zero-order chi connectivity index (χ0) is 13.8.